The third kappa shape index (κ3) is 3.47. The lowest BCUT2D eigenvalue weighted by atomic mass is 10.0. The van der Waals surface area contributed by atoms with Crippen molar-refractivity contribution in [2.45, 2.75) is 45.8 Å². The van der Waals surface area contributed by atoms with Gasteiger partial charge in [-0.2, -0.15) is 0 Å². The number of halogens is 1. The van der Waals surface area contributed by atoms with Crippen LogP contribution in [-0.2, 0) is 4.79 Å². The van der Waals surface area contributed by atoms with E-state index in [9.17, 15) is 4.79 Å². The molecule has 0 aliphatic carbocycles. The van der Waals surface area contributed by atoms with Crippen LogP contribution in [0.15, 0.2) is 24.3 Å². The molecular formula is C14H21ClN2O. The standard InChI is InChI=1S/C14H21ClN2O/c1-9(2)17(14(18)10(3)16)11(4)12-6-5-7-13(15)8-12/h5-11H,16H2,1-4H3/t10?,11-/m0/s1. The van der Waals surface area contributed by atoms with Crippen molar-refractivity contribution < 1.29 is 4.79 Å². The molecule has 0 aliphatic heterocycles. The summed E-state index contributed by atoms with van der Waals surface area (Å²) in [7, 11) is 0. The van der Waals surface area contributed by atoms with Crippen LogP contribution >= 0.6 is 11.6 Å². The highest BCUT2D eigenvalue weighted by molar-refractivity contribution is 6.30. The van der Waals surface area contributed by atoms with Gasteiger partial charge in [0.15, 0.2) is 0 Å². The molecule has 0 saturated heterocycles. The second-order valence-electron chi connectivity index (χ2n) is 4.86. The third-order valence-corrected chi connectivity index (χ3v) is 3.18. The Balaban J connectivity index is 3.03. The van der Waals surface area contributed by atoms with Crippen molar-refractivity contribution in [1.29, 1.82) is 0 Å². The molecule has 3 nitrogen and oxygen atoms in total. The minimum absolute atomic E-state index is 0.0396. The summed E-state index contributed by atoms with van der Waals surface area (Å²) in [4.78, 5) is 14.0. The van der Waals surface area contributed by atoms with Crippen molar-refractivity contribution >= 4 is 17.5 Å². The summed E-state index contributed by atoms with van der Waals surface area (Å²) < 4.78 is 0. The average molecular weight is 269 g/mol. The Morgan fingerprint density at radius 2 is 1.89 bits per heavy atom. The van der Waals surface area contributed by atoms with Crippen molar-refractivity contribution in [3.8, 4) is 0 Å². The summed E-state index contributed by atoms with van der Waals surface area (Å²) in [6.07, 6.45) is 0. The topological polar surface area (TPSA) is 46.3 Å². The molecule has 1 aromatic carbocycles. The SMILES string of the molecule is CC(N)C(=O)N(C(C)C)[C@@H](C)c1cccc(Cl)c1. The number of nitrogens with two attached hydrogens (primary N) is 1. The third-order valence-electron chi connectivity index (χ3n) is 2.95. The van der Waals surface area contributed by atoms with E-state index in [1.807, 2.05) is 45.0 Å². The lowest BCUT2D eigenvalue weighted by Gasteiger charge is -2.34. The monoisotopic (exact) mass is 268 g/mol. The van der Waals surface area contributed by atoms with Gasteiger partial charge in [0, 0.05) is 11.1 Å². The summed E-state index contributed by atoms with van der Waals surface area (Å²) in [5.41, 5.74) is 6.72. The number of rotatable bonds is 4. The fourth-order valence-electron chi connectivity index (χ4n) is 2.05. The van der Waals surface area contributed by atoms with Crippen molar-refractivity contribution in [2.24, 2.45) is 5.73 Å². The second-order valence-corrected chi connectivity index (χ2v) is 5.30. The van der Waals surface area contributed by atoms with E-state index in [0.717, 1.165) is 5.56 Å². The van der Waals surface area contributed by atoms with E-state index in [0.29, 0.717) is 5.02 Å². The number of amides is 1. The molecule has 100 valence electrons. The first kappa shape index (κ1) is 15.0. The molecule has 0 fully saturated rings. The van der Waals surface area contributed by atoms with Crippen LogP contribution in [0, 0.1) is 0 Å². The quantitative estimate of drug-likeness (QED) is 0.913. The zero-order valence-corrected chi connectivity index (χ0v) is 12.1. The number of carbonyl (C=O) groups excluding carboxylic acids is 1. The molecular weight excluding hydrogens is 248 g/mol. The van der Waals surface area contributed by atoms with Crippen LogP contribution in [0.25, 0.3) is 0 Å². The molecule has 0 bridgehead atoms. The van der Waals surface area contributed by atoms with Crippen LogP contribution in [0.2, 0.25) is 5.02 Å². The van der Waals surface area contributed by atoms with Crippen LogP contribution < -0.4 is 5.73 Å². The van der Waals surface area contributed by atoms with Gasteiger partial charge in [-0.1, -0.05) is 23.7 Å². The van der Waals surface area contributed by atoms with Crippen LogP contribution in [0.1, 0.15) is 39.3 Å². The van der Waals surface area contributed by atoms with Gasteiger partial charge in [-0.25, -0.2) is 0 Å². The molecule has 18 heavy (non-hydrogen) atoms. The van der Waals surface area contributed by atoms with E-state index in [1.165, 1.54) is 0 Å². The maximum Gasteiger partial charge on any atom is 0.239 e. The molecule has 0 aliphatic rings. The van der Waals surface area contributed by atoms with E-state index < -0.39 is 6.04 Å². The molecule has 0 saturated carbocycles. The van der Waals surface area contributed by atoms with Gasteiger partial charge >= 0.3 is 0 Å². The van der Waals surface area contributed by atoms with E-state index in [-0.39, 0.29) is 18.0 Å². The fourth-order valence-corrected chi connectivity index (χ4v) is 2.25. The van der Waals surface area contributed by atoms with E-state index in [4.69, 9.17) is 17.3 Å². The number of hydrogen-bond donors (Lipinski definition) is 1. The Morgan fingerprint density at radius 3 is 2.33 bits per heavy atom. The minimum Gasteiger partial charge on any atom is -0.332 e. The number of hydrogen-bond acceptors (Lipinski definition) is 2. The van der Waals surface area contributed by atoms with Gasteiger partial charge in [-0.05, 0) is 45.4 Å². The van der Waals surface area contributed by atoms with Crippen LogP contribution in [-0.4, -0.2) is 22.9 Å². The summed E-state index contributed by atoms with van der Waals surface area (Å²) in [6.45, 7) is 7.68. The summed E-state index contributed by atoms with van der Waals surface area (Å²) in [5.74, 6) is -0.0440. The first-order valence-electron chi connectivity index (χ1n) is 6.17. The Bertz CT molecular complexity index is 418. The Kier molecular flexibility index (Phi) is 5.17. The van der Waals surface area contributed by atoms with Gasteiger partial charge in [-0.3, -0.25) is 4.79 Å². The maximum absolute atomic E-state index is 12.2. The summed E-state index contributed by atoms with van der Waals surface area (Å²) >= 11 is 5.99. The summed E-state index contributed by atoms with van der Waals surface area (Å²) in [6, 6.07) is 7.14. The lowest BCUT2D eigenvalue weighted by molar-refractivity contribution is -0.136. The highest BCUT2D eigenvalue weighted by Gasteiger charge is 2.26. The number of carbonyl (C=O) groups is 1. The molecule has 1 unspecified atom stereocenters. The molecule has 0 aromatic heterocycles. The van der Waals surface area contributed by atoms with Crippen LogP contribution in [0.4, 0.5) is 0 Å². The predicted octanol–water partition coefficient (Wildman–Crippen LogP) is 2.99. The van der Waals surface area contributed by atoms with Crippen LogP contribution in [0.3, 0.4) is 0 Å². The molecule has 0 spiro atoms. The number of nitrogens with zero attached hydrogens (tertiary/aromatic N) is 1. The first-order valence-corrected chi connectivity index (χ1v) is 6.55. The first-order chi connectivity index (χ1) is 8.34. The Hall–Kier alpha value is -1.06. The second kappa shape index (κ2) is 6.21. The van der Waals surface area contributed by atoms with Crippen molar-refractivity contribution in [3.05, 3.63) is 34.9 Å². The molecule has 1 amide bonds. The average Bonchev–Trinajstić information content (AvgIpc) is 2.28. The lowest BCUT2D eigenvalue weighted by Crippen LogP contribution is -2.46. The van der Waals surface area contributed by atoms with E-state index in [1.54, 1.807) is 11.8 Å². The number of benzene rings is 1. The van der Waals surface area contributed by atoms with E-state index in [2.05, 4.69) is 0 Å². The minimum atomic E-state index is -0.492. The molecule has 1 rings (SSSR count). The fraction of sp³-hybridized carbons (Fsp3) is 0.500. The van der Waals surface area contributed by atoms with Gasteiger partial charge in [0.1, 0.15) is 0 Å². The normalized spacial score (nSPS) is 14.4. The highest BCUT2D eigenvalue weighted by atomic mass is 35.5. The molecule has 2 N–H and O–H groups in total. The van der Waals surface area contributed by atoms with Crippen molar-refractivity contribution in [3.63, 3.8) is 0 Å². The highest BCUT2D eigenvalue weighted by Crippen LogP contribution is 2.25. The molecule has 4 heteroatoms. The van der Waals surface area contributed by atoms with Gasteiger partial charge in [0.2, 0.25) is 5.91 Å². The Labute approximate surface area is 114 Å². The summed E-state index contributed by atoms with van der Waals surface area (Å²) in [5, 5.41) is 0.677. The zero-order valence-electron chi connectivity index (χ0n) is 11.4. The molecule has 0 heterocycles. The largest absolute Gasteiger partial charge is 0.332 e. The zero-order chi connectivity index (χ0) is 13.9. The smallest absolute Gasteiger partial charge is 0.239 e. The molecule has 2 atom stereocenters. The molecule has 1 aromatic rings. The van der Waals surface area contributed by atoms with Gasteiger partial charge < -0.3 is 10.6 Å². The van der Waals surface area contributed by atoms with Gasteiger partial charge in [0.25, 0.3) is 0 Å². The van der Waals surface area contributed by atoms with Crippen LogP contribution in [0.5, 0.6) is 0 Å². The maximum atomic E-state index is 12.2. The Morgan fingerprint density at radius 1 is 1.28 bits per heavy atom. The van der Waals surface area contributed by atoms with Crippen molar-refractivity contribution in [2.75, 3.05) is 0 Å². The van der Waals surface area contributed by atoms with Gasteiger partial charge in [-0.15, -0.1) is 0 Å². The van der Waals surface area contributed by atoms with Crippen molar-refractivity contribution in [1.82, 2.24) is 4.90 Å². The predicted molar refractivity (Wildman–Crippen MR) is 75.5 cm³/mol. The van der Waals surface area contributed by atoms with Gasteiger partial charge in [0.05, 0.1) is 12.1 Å². The van der Waals surface area contributed by atoms with E-state index >= 15 is 0 Å². The molecule has 0 radical (unpaired) electrons.